The van der Waals surface area contributed by atoms with E-state index in [1.165, 1.54) is 0 Å². The van der Waals surface area contributed by atoms with E-state index in [1.807, 2.05) is 0 Å². The van der Waals surface area contributed by atoms with Crippen LogP contribution in [-0.4, -0.2) is 8.42 Å². The normalized spacial score (nSPS) is 11.2. The average molecular weight is 412 g/mol. The number of nitrogens with zero attached hydrogens (tertiary/aromatic N) is 2. The number of rotatable bonds is 2. The Kier molecular flexibility index (Phi) is 4.86. The Balaban J connectivity index is 3.05. The van der Waals surface area contributed by atoms with E-state index in [4.69, 9.17) is 10.5 Å². The third-order valence-electron chi connectivity index (χ3n) is 3.21. The molecule has 0 aromatic heterocycles. The lowest BCUT2D eigenvalue weighted by Gasteiger charge is -2.12. The van der Waals surface area contributed by atoms with Crippen molar-refractivity contribution in [3.63, 3.8) is 0 Å². The van der Waals surface area contributed by atoms with Crippen LogP contribution in [-0.2, 0) is 9.84 Å². The Bertz CT molecular complexity index is 1050. The van der Waals surface area contributed by atoms with Crippen LogP contribution in [0.25, 0.3) is 0 Å². The Morgan fingerprint density at radius 1 is 0.519 bits per heavy atom. The van der Waals surface area contributed by atoms with Crippen LogP contribution < -0.4 is 0 Å². The molecule has 13 heteroatoms. The Morgan fingerprint density at radius 3 is 0.926 bits per heavy atom. The minimum Gasteiger partial charge on any atom is -0.218 e. The molecule has 0 aliphatic heterocycles. The molecular formula is C14F8N2O2S. The maximum Gasteiger partial charge on any atom is 0.218 e. The first kappa shape index (κ1) is 20.1. The highest BCUT2D eigenvalue weighted by Gasteiger charge is 2.40. The molecule has 0 spiro atoms. The van der Waals surface area contributed by atoms with Crippen LogP contribution in [0.2, 0.25) is 0 Å². The van der Waals surface area contributed by atoms with Crippen LogP contribution in [0.4, 0.5) is 35.1 Å². The lowest BCUT2D eigenvalue weighted by atomic mass is 10.2. The van der Waals surface area contributed by atoms with Crippen molar-refractivity contribution in [2.45, 2.75) is 9.79 Å². The van der Waals surface area contributed by atoms with Gasteiger partial charge < -0.3 is 0 Å². The molecule has 0 aliphatic carbocycles. The molecule has 27 heavy (non-hydrogen) atoms. The fourth-order valence-electron chi connectivity index (χ4n) is 1.99. The minimum atomic E-state index is -6.28. The van der Waals surface area contributed by atoms with Gasteiger partial charge in [-0.2, -0.15) is 10.5 Å². The predicted molar refractivity (Wildman–Crippen MR) is 67.4 cm³/mol. The van der Waals surface area contributed by atoms with Gasteiger partial charge in [-0.25, -0.2) is 43.5 Å². The Morgan fingerprint density at radius 2 is 0.741 bits per heavy atom. The van der Waals surface area contributed by atoms with E-state index in [2.05, 4.69) is 0 Å². The zero-order chi connectivity index (χ0) is 20.8. The zero-order valence-electron chi connectivity index (χ0n) is 12.1. The molecule has 4 nitrogen and oxygen atoms in total. The van der Waals surface area contributed by atoms with Crippen molar-refractivity contribution >= 4 is 9.84 Å². The highest BCUT2D eigenvalue weighted by atomic mass is 32.2. The Hall–Kier alpha value is -3.19. The highest BCUT2D eigenvalue weighted by molar-refractivity contribution is 7.91. The smallest absolute Gasteiger partial charge is 0.218 e. The third-order valence-corrected chi connectivity index (χ3v) is 5.00. The van der Waals surface area contributed by atoms with Crippen LogP contribution in [0.15, 0.2) is 9.79 Å². The summed E-state index contributed by atoms with van der Waals surface area (Å²) in [6, 6.07) is 1.38. The monoisotopic (exact) mass is 412 g/mol. The summed E-state index contributed by atoms with van der Waals surface area (Å²) < 4.78 is 134. The molecule has 0 aliphatic rings. The molecule has 0 bridgehead atoms. The van der Waals surface area contributed by atoms with Gasteiger partial charge in [0.05, 0.1) is 0 Å². The lowest BCUT2D eigenvalue weighted by Crippen LogP contribution is -2.18. The molecule has 2 aromatic rings. The molecule has 2 aromatic carbocycles. The number of halogens is 8. The lowest BCUT2D eigenvalue weighted by molar-refractivity contribution is 0.404. The van der Waals surface area contributed by atoms with Crippen LogP contribution in [0, 0.1) is 69.2 Å². The summed E-state index contributed by atoms with van der Waals surface area (Å²) in [6.07, 6.45) is 0. The van der Waals surface area contributed by atoms with Crippen LogP contribution in [0.1, 0.15) is 11.1 Å². The molecule has 0 heterocycles. The van der Waals surface area contributed by atoms with Crippen molar-refractivity contribution in [3.8, 4) is 12.1 Å². The fourth-order valence-corrected chi connectivity index (χ4v) is 3.50. The summed E-state index contributed by atoms with van der Waals surface area (Å²) in [7, 11) is -6.28. The standard InChI is InChI=1S/C14F8N2O2S/c15-5-3(1-23)6(16)10(20)13(9(5)19)27(25,26)14-11(21)7(17)4(2-24)8(18)12(14)22. The molecule has 0 unspecified atom stereocenters. The molecule has 0 fully saturated rings. The van der Waals surface area contributed by atoms with Crippen molar-refractivity contribution in [1.29, 1.82) is 10.5 Å². The number of hydrogen-bond acceptors (Lipinski definition) is 4. The molecule has 0 amide bonds. The summed E-state index contributed by atoms with van der Waals surface area (Å²) in [6.45, 7) is 0. The molecule has 0 saturated heterocycles. The Labute approximate surface area is 144 Å². The van der Waals surface area contributed by atoms with Gasteiger partial charge in [0.15, 0.2) is 46.5 Å². The van der Waals surface area contributed by atoms with Gasteiger partial charge in [-0.3, -0.25) is 0 Å². The molecule has 0 atom stereocenters. The molecule has 0 radical (unpaired) electrons. The van der Waals surface area contributed by atoms with E-state index in [1.54, 1.807) is 0 Å². The van der Waals surface area contributed by atoms with Gasteiger partial charge in [-0.05, 0) is 0 Å². The SMILES string of the molecule is N#Cc1c(F)c(F)c(S(=O)(=O)c2c(F)c(F)c(C#N)c(F)c2F)c(F)c1F. The number of benzene rings is 2. The van der Waals surface area contributed by atoms with Crippen LogP contribution in [0.5, 0.6) is 0 Å². The van der Waals surface area contributed by atoms with Crippen molar-refractivity contribution in [3.05, 3.63) is 57.7 Å². The maximum atomic E-state index is 13.9. The first-order valence-electron chi connectivity index (χ1n) is 6.20. The largest absolute Gasteiger partial charge is 0.218 e. The number of sulfone groups is 1. The minimum absolute atomic E-state index is 0.691. The fraction of sp³-hybridized carbons (Fsp3) is 0. The first-order chi connectivity index (χ1) is 12.4. The van der Waals surface area contributed by atoms with Crippen molar-refractivity contribution in [2.24, 2.45) is 0 Å². The summed E-state index contributed by atoms with van der Waals surface area (Å²) in [5, 5.41) is 16.8. The summed E-state index contributed by atoms with van der Waals surface area (Å²) in [5.41, 5.74) is -3.77. The number of hydrogen-bond donors (Lipinski definition) is 0. The second-order valence-electron chi connectivity index (χ2n) is 4.65. The third kappa shape index (κ3) is 2.67. The summed E-state index contributed by atoms with van der Waals surface area (Å²) in [5.74, 6) is -21.1. The molecule has 140 valence electrons. The summed E-state index contributed by atoms with van der Waals surface area (Å²) in [4.78, 5) is -5.25. The van der Waals surface area contributed by atoms with E-state index in [0.717, 1.165) is 0 Å². The van der Waals surface area contributed by atoms with Crippen molar-refractivity contribution in [1.82, 2.24) is 0 Å². The van der Waals surface area contributed by atoms with Gasteiger partial charge in [0.25, 0.3) is 0 Å². The topological polar surface area (TPSA) is 81.7 Å². The van der Waals surface area contributed by atoms with Gasteiger partial charge in [0.2, 0.25) is 9.84 Å². The first-order valence-corrected chi connectivity index (χ1v) is 7.68. The second kappa shape index (κ2) is 6.51. The predicted octanol–water partition coefficient (Wildman–Crippen LogP) is 3.38. The van der Waals surface area contributed by atoms with E-state index < -0.39 is 77.3 Å². The highest BCUT2D eigenvalue weighted by Crippen LogP contribution is 2.35. The van der Waals surface area contributed by atoms with E-state index >= 15 is 0 Å². The van der Waals surface area contributed by atoms with Gasteiger partial charge in [0, 0.05) is 0 Å². The van der Waals surface area contributed by atoms with Gasteiger partial charge in [-0.1, -0.05) is 0 Å². The maximum absolute atomic E-state index is 13.9. The van der Waals surface area contributed by atoms with Crippen LogP contribution >= 0.6 is 0 Å². The van der Waals surface area contributed by atoms with E-state index in [-0.39, 0.29) is 0 Å². The second-order valence-corrected chi connectivity index (χ2v) is 6.47. The van der Waals surface area contributed by atoms with Crippen molar-refractivity contribution in [2.75, 3.05) is 0 Å². The van der Waals surface area contributed by atoms with Crippen molar-refractivity contribution < 1.29 is 43.5 Å². The average Bonchev–Trinajstić information content (AvgIpc) is 2.59. The summed E-state index contributed by atoms with van der Waals surface area (Å²) >= 11 is 0. The van der Waals surface area contributed by atoms with Gasteiger partial charge in [-0.15, -0.1) is 0 Å². The quantitative estimate of drug-likeness (QED) is 0.560. The number of nitriles is 2. The van der Waals surface area contributed by atoms with Crippen LogP contribution in [0.3, 0.4) is 0 Å². The molecule has 0 saturated carbocycles. The van der Waals surface area contributed by atoms with Gasteiger partial charge >= 0.3 is 0 Å². The van der Waals surface area contributed by atoms with E-state index in [9.17, 15) is 43.5 Å². The van der Waals surface area contributed by atoms with E-state index in [0.29, 0.717) is 12.1 Å². The zero-order valence-corrected chi connectivity index (χ0v) is 13.0. The molecule has 0 N–H and O–H groups in total. The molecule has 2 rings (SSSR count). The molecular weight excluding hydrogens is 412 g/mol. The van der Waals surface area contributed by atoms with Gasteiger partial charge in [0.1, 0.15) is 33.1 Å².